The van der Waals surface area contributed by atoms with Crippen molar-refractivity contribution in [1.82, 2.24) is 5.32 Å². The molecule has 0 saturated heterocycles. The summed E-state index contributed by atoms with van der Waals surface area (Å²) >= 11 is 9.10. The number of hydrogen-bond acceptors (Lipinski definition) is 1. The lowest BCUT2D eigenvalue weighted by atomic mass is 9.91. The number of likely N-dealkylation sites (N-methyl/N-ethyl adjacent to an activating group) is 1. The van der Waals surface area contributed by atoms with Gasteiger partial charge in [0.15, 0.2) is 0 Å². The number of rotatable bonds is 5. The zero-order valence-electron chi connectivity index (χ0n) is 11.5. The van der Waals surface area contributed by atoms with Gasteiger partial charge in [-0.05, 0) is 59.2 Å². The summed E-state index contributed by atoms with van der Waals surface area (Å²) in [7, 11) is 1.81. The minimum Gasteiger partial charge on any atom is -0.319 e. The third-order valence-electron chi connectivity index (χ3n) is 3.36. The molecular weight excluding hydrogens is 360 g/mol. The Morgan fingerprint density at radius 2 is 2.00 bits per heavy atom. The molecule has 0 fully saturated rings. The molecule has 0 saturated carbocycles. The van der Waals surface area contributed by atoms with Gasteiger partial charge in [0, 0.05) is 23.0 Å². The Hall–Kier alpha value is -0.970. The summed E-state index contributed by atoms with van der Waals surface area (Å²) in [4.78, 5) is 0. The summed E-state index contributed by atoms with van der Waals surface area (Å²) in [5.74, 6) is -1.14. The van der Waals surface area contributed by atoms with Gasteiger partial charge in [-0.15, -0.1) is 0 Å². The number of hydrogen-bond donors (Lipinski definition) is 1. The van der Waals surface area contributed by atoms with Gasteiger partial charge in [-0.3, -0.25) is 0 Å². The standard InChI is InChI=1S/C16H15BrClF2N/c1-21-9-11(10-3-2-4-12(18)7-10)8-13-15(19)6-5-14(17)16(13)20/h2-7,11,21H,8-9H2,1H3. The van der Waals surface area contributed by atoms with Gasteiger partial charge in [-0.2, -0.15) is 0 Å². The molecule has 0 aliphatic carbocycles. The van der Waals surface area contributed by atoms with Gasteiger partial charge in [0.05, 0.1) is 4.47 Å². The van der Waals surface area contributed by atoms with Crippen molar-refractivity contribution in [2.24, 2.45) is 0 Å². The van der Waals surface area contributed by atoms with Crippen LogP contribution >= 0.6 is 27.5 Å². The van der Waals surface area contributed by atoms with Gasteiger partial charge in [-0.1, -0.05) is 23.7 Å². The molecule has 0 aliphatic rings. The minimum absolute atomic E-state index is 0.0630. The first-order valence-electron chi connectivity index (χ1n) is 6.55. The normalized spacial score (nSPS) is 12.4. The molecule has 112 valence electrons. The summed E-state index contributed by atoms with van der Waals surface area (Å²) in [5, 5.41) is 3.67. The zero-order valence-corrected chi connectivity index (χ0v) is 13.8. The fraction of sp³-hybridized carbons (Fsp3) is 0.250. The van der Waals surface area contributed by atoms with E-state index in [4.69, 9.17) is 11.6 Å². The Kier molecular flexibility index (Phi) is 5.73. The molecule has 2 aromatic rings. The predicted octanol–water partition coefficient (Wildman–Crippen LogP) is 4.93. The van der Waals surface area contributed by atoms with Crippen molar-refractivity contribution < 1.29 is 8.78 Å². The first kappa shape index (κ1) is 16.4. The fourth-order valence-corrected chi connectivity index (χ4v) is 2.89. The van der Waals surface area contributed by atoms with Crippen LogP contribution in [0.1, 0.15) is 17.0 Å². The maximum absolute atomic E-state index is 14.1. The van der Waals surface area contributed by atoms with E-state index in [1.54, 1.807) is 6.07 Å². The Morgan fingerprint density at radius 1 is 1.24 bits per heavy atom. The quantitative estimate of drug-likeness (QED) is 0.732. The van der Waals surface area contributed by atoms with Crippen LogP contribution in [-0.4, -0.2) is 13.6 Å². The summed E-state index contributed by atoms with van der Waals surface area (Å²) in [6.45, 7) is 0.603. The van der Waals surface area contributed by atoms with E-state index in [1.165, 1.54) is 12.1 Å². The van der Waals surface area contributed by atoms with Crippen LogP contribution in [-0.2, 0) is 6.42 Å². The molecule has 5 heteroatoms. The monoisotopic (exact) mass is 373 g/mol. The lowest BCUT2D eigenvalue weighted by Gasteiger charge is -2.18. The third kappa shape index (κ3) is 4.02. The van der Waals surface area contributed by atoms with Gasteiger partial charge in [0.1, 0.15) is 11.6 Å². The first-order valence-corrected chi connectivity index (χ1v) is 7.72. The van der Waals surface area contributed by atoms with Crippen LogP contribution < -0.4 is 5.32 Å². The lowest BCUT2D eigenvalue weighted by Crippen LogP contribution is -2.20. The van der Waals surface area contributed by atoms with Gasteiger partial charge in [0.25, 0.3) is 0 Å². The SMILES string of the molecule is CNCC(Cc1c(F)ccc(Br)c1F)c1cccc(Cl)c1. The summed E-state index contributed by atoms with van der Waals surface area (Å²) in [6, 6.07) is 10.0. The van der Waals surface area contributed by atoms with E-state index in [9.17, 15) is 8.78 Å². The molecule has 0 heterocycles. The Balaban J connectivity index is 2.35. The molecule has 2 aromatic carbocycles. The van der Waals surface area contributed by atoms with Gasteiger partial charge in [-0.25, -0.2) is 8.78 Å². The molecule has 2 rings (SSSR count). The highest BCUT2D eigenvalue weighted by Crippen LogP contribution is 2.28. The van der Waals surface area contributed by atoms with E-state index >= 15 is 0 Å². The summed E-state index contributed by atoms with van der Waals surface area (Å²) in [6.07, 6.45) is 0.262. The minimum atomic E-state index is -0.543. The zero-order chi connectivity index (χ0) is 15.4. The van der Waals surface area contributed by atoms with Crippen LogP contribution in [0.25, 0.3) is 0 Å². The highest BCUT2D eigenvalue weighted by molar-refractivity contribution is 9.10. The molecule has 0 spiro atoms. The summed E-state index contributed by atoms with van der Waals surface area (Å²) < 4.78 is 28.3. The molecule has 1 N–H and O–H groups in total. The second-order valence-electron chi connectivity index (χ2n) is 4.84. The molecular formula is C16H15BrClF2N. The average Bonchev–Trinajstić information content (AvgIpc) is 2.46. The average molecular weight is 375 g/mol. The topological polar surface area (TPSA) is 12.0 Å². The van der Waals surface area contributed by atoms with Crippen molar-refractivity contribution in [1.29, 1.82) is 0 Å². The fourth-order valence-electron chi connectivity index (χ4n) is 2.32. The van der Waals surface area contributed by atoms with Crippen molar-refractivity contribution in [3.63, 3.8) is 0 Å². The van der Waals surface area contributed by atoms with Crippen molar-refractivity contribution in [3.8, 4) is 0 Å². The molecule has 0 aromatic heterocycles. The molecule has 1 nitrogen and oxygen atoms in total. The van der Waals surface area contributed by atoms with Crippen LogP contribution in [0.15, 0.2) is 40.9 Å². The molecule has 1 atom stereocenters. The predicted molar refractivity (Wildman–Crippen MR) is 85.9 cm³/mol. The Morgan fingerprint density at radius 3 is 2.67 bits per heavy atom. The molecule has 0 bridgehead atoms. The second-order valence-corrected chi connectivity index (χ2v) is 6.13. The lowest BCUT2D eigenvalue weighted by molar-refractivity contribution is 0.526. The van der Waals surface area contributed by atoms with Crippen LogP contribution in [0.5, 0.6) is 0 Å². The van der Waals surface area contributed by atoms with Gasteiger partial charge in [0.2, 0.25) is 0 Å². The van der Waals surface area contributed by atoms with Crippen molar-refractivity contribution in [2.45, 2.75) is 12.3 Å². The number of halogens is 4. The van der Waals surface area contributed by atoms with E-state index < -0.39 is 11.6 Å². The number of nitrogens with one attached hydrogen (secondary N) is 1. The van der Waals surface area contributed by atoms with E-state index in [-0.39, 0.29) is 22.4 Å². The van der Waals surface area contributed by atoms with Crippen LogP contribution in [0.2, 0.25) is 5.02 Å². The maximum atomic E-state index is 14.1. The van der Waals surface area contributed by atoms with E-state index in [2.05, 4.69) is 21.2 Å². The van der Waals surface area contributed by atoms with E-state index in [1.807, 2.05) is 25.2 Å². The van der Waals surface area contributed by atoms with Crippen LogP contribution in [0.4, 0.5) is 8.78 Å². The van der Waals surface area contributed by atoms with Crippen LogP contribution in [0, 0.1) is 11.6 Å². The van der Waals surface area contributed by atoms with Crippen LogP contribution in [0.3, 0.4) is 0 Å². The number of benzene rings is 2. The molecule has 0 radical (unpaired) electrons. The molecule has 1 unspecified atom stereocenters. The Bertz CT molecular complexity index is 634. The van der Waals surface area contributed by atoms with Gasteiger partial charge < -0.3 is 5.32 Å². The molecule has 0 aliphatic heterocycles. The largest absolute Gasteiger partial charge is 0.319 e. The molecule has 0 amide bonds. The highest BCUT2D eigenvalue weighted by atomic mass is 79.9. The van der Waals surface area contributed by atoms with Crippen molar-refractivity contribution in [3.05, 3.63) is 68.7 Å². The smallest absolute Gasteiger partial charge is 0.143 e. The van der Waals surface area contributed by atoms with E-state index in [0.29, 0.717) is 11.6 Å². The van der Waals surface area contributed by atoms with Crippen molar-refractivity contribution in [2.75, 3.05) is 13.6 Å². The highest BCUT2D eigenvalue weighted by Gasteiger charge is 2.19. The molecule has 21 heavy (non-hydrogen) atoms. The summed E-state index contributed by atoms with van der Waals surface area (Å²) in [5.41, 5.74) is 1.04. The third-order valence-corrected chi connectivity index (χ3v) is 4.21. The maximum Gasteiger partial charge on any atom is 0.143 e. The van der Waals surface area contributed by atoms with Crippen molar-refractivity contribution >= 4 is 27.5 Å². The Labute approximate surface area is 136 Å². The first-order chi connectivity index (χ1) is 10.0. The second kappa shape index (κ2) is 7.34. The van der Waals surface area contributed by atoms with E-state index in [0.717, 1.165) is 5.56 Å². The van der Waals surface area contributed by atoms with Gasteiger partial charge >= 0.3 is 0 Å².